The maximum Gasteiger partial charge on any atom is 0.282 e. The summed E-state index contributed by atoms with van der Waals surface area (Å²) >= 11 is 6.18. The summed E-state index contributed by atoms with van der Waals surface area (Å²) in [6.45, 7) is 8.36. The molecule has 0 N–H and O–H groups in total. The van der Waals surface area contributed by atoms with Gasteiger partial charge in [0.1, 0.15) is 5.58 Å². The number of furan rings is 1. The highest BCUT2D eigenvalue weighted by atomic mass is 35.5. The molecular formula is C31H25ClN4O2. The van der Waals surface area contributed by atoms with Crippen molar-refractivity contribution >= 4 is 39.7 Å². The number of nitrogens with zero attached hydrogens (tertiary/aromatic N) is 4. The summed E-state index contributed by atoms with van der Waals surface area (Å²) in [5, 5.41) is 6.57. The Morgan fingerprint density at radius 2 is 1.68 bits per heavy atom. The topological polar surface area (TPSA) is 65.3 Å². The molecule has 0 saturated heterocycles. The van der Waals surface area contributed by atoms with E-state index in [0.29, 0.717) is 33.1 Å². The second kappa shape index (κ2) is 9.15. The van der Waals surface area contributed by atoms with Crippen molar-refractivity contribution in [2.24, 2.45) is 5.10 Å². The van der Waals surface area contributed by atoms with Gasteiger partial charge in [-0.05, 0) is 81.3 Å². The highest BCUT2D eigenvalue weighted by molar-refractivity contribution is 6.31. The molecule has 0 aliphatic carbocycles. The normalized spacial score (nSPS) is 11.8. The number of fused-ring (bicyclic) bond motifs is 2. The lowest BCUT2D eigenvalue weighted by Gasteiger charge is -2.15. The molecule has 7 heteroatoms. The molecule has 0 aliphatic heterocycles. The third kappa shape index (κ3) is 3.94. The van der Waals surface area contributed by atoms with E-state index in [9.17, 15) is 4.79 Å². The Labute approximate surface area is 224 Å². The molecule has 3 aromatic carbocycles. The SMILES string of the molecule is Cc1cccc(C)c1-n1c(C)cc(C=Nn2c(-c3cc4cc(Cl)ccc4o3)nc3ccccc3c2=O)c1C. The van der Waals surface area contributed by atoms with Gasteiger partial charge in [-0.25, -0.2) is 4.98 Å². The van der Waals surface area contributed by atoms with Crippen LogP contribution in [0.2, 0.25) is 5.02 Å². The van der Waals surface area contributed by atoms with Crippen molar-refractivity contribution < 1.29 is 4.42 Å². The van der Waals surface area contributed by atoms with Crippen molar-refractivity contribution in [3.63, 3.8) is 0 Å². The van der Waals surface area contributed by atoms with Gasteiger partial charge in [-0.2, -0.15) is 9.78 Å². The Hall–Kier alpha value is -4.42. The van der Waals surface area contributed by atoms with Crippen molar-refractivity contribution in [2.45, 2.75) is 27.7 Å². The Kier molecular flexibility index (Phi) is 5.77. The van der Waals surface area contributed by atoms with Crippen LogP contribution in [0.3, 0.4) is 0 Å². The fraction of sp³-hybridized carbons (Fsp3) is 0.129. The van der Waals surface area contributed by atoms with Crippen LogP contribution in [0.4, 0.5) is 0 Å². The Morgan fingerprint density at radius 1 is 0.921 bits per heavy atom. The molecule has 0 amide bonds. The number of aryl methyl sites for hydroxylation is 3. The van der Waals surface area contributed by atoms with E-state index in [0.717, 1.165) is 28.0 Å². The molecule has 0 bridgehead atoms. The van der Waals surface area contributed by atoms with Gasteiger partial charge < -0.3 is 8.98 Å². The minimum Gasteiger partial charge on any atom is -0.453 e. The van der Waals surface area contributed by atoms with Crippen LogP contribution in [-0.2, 0) is 0 Å². The molecule has 0 fully saturated rings. The molecule has 0 atom stereocenters. The molecule has 0 aliphatic rings. The fourth-order valence-corrected chi connectivity index (χ4v) is 5.24. The van der Waals surface area contributed by atoms with E-state index in [1.165, 1.54) is 15.8 Å². The molecule has 3 heterocycles. The highest BCUT2D eigenvalue weighted by Gasteiger charge is 2.18. The number of benzene rings is 3. The third-order valence-electron chi connectivity index (χ3n) is 6.90. The average Bonchev–Trinajstić information content (AvgIpc) is 3.43. The third-order valence-corrected chi connectivity index (χ3v) is 7.13. The second-order valence-corrected chi connectivity index (χ2v) is 9.95. The van der Waals surface area contributed by atoms with Gasteiger partial charge in [-0.1, -0.05) is 41.9 Å². The number of halogens is 1. The van der Waals surface area contributed by atoms with Crippen LogP contribution in [0.1, 0.15) is 28.1 Å². The van der Waals surface area contributed by atoms with Crippen molar-refractivity contribution in [1.82, 2.24) is 14.2 Å². The Morgan fingerprint density at radius 3 is 2.47 bits per heavy atom. The fourth-order valence-electron chi connectivity index (χ4n) is 5.06. The molecule has 0 spiro atoms. The van der Waals surface area contributed by atoms with E-state index in [-0.39, 0.29) is 5.56 Å². The minimum atomic E-state index is -0.274. The van der Waals surface area contributed by atoms with Crippen LogP contribution in [0.5, 0.6) is 0 Å². The maximum absolute atomic E-state index is 13.6. The Bertz CT molecular complexity index is 1940. The van der Waals surface area contributed by atoms with Crippen molar-refractivity contribution in [2.75, 3.05) is 0 Å². The van der Waals surface area contributed by atoms with Crippen LogP contribution in [0.25, 0.3) is 39.1 Å². The largest absolute Gasteiger partial charge is 0.453 e. The molecule has 188 valence electrons. The summed E-state index contributed by atoms with van der Waals surface area (Å²) in [6, 6.07) is 22.8. The molecule has 0 saturated carbocycles. The Balaban J connectivity index is 1.53. The van der Waals surface area contributed by atoms with Crippen molar-refractivity contribution in [3.05, 3.63) is 116 Å². The summed E-state index contributed by atoms with van der Waals surface area (Å²) in [6.07, 6.45) is 1.72. The first kappa shape index (κ1) is 23.9. The van der Waals surface area contributed by atoms with Gasteiger partial charge in [0.25, 0.3) is 5.56 Å². The molecule has 38 heavy (non-hydrogen) atoms. The first-order chi connectivity index (χ1) is 18.3. The van der Waals surface area contributed by atoms with E-state index < -0.39 is 0 Å². The quantitative estimate of drug-likeness (QED) is 0.228. The number of rotatable bonds is 4. The molecule has 6 nitrogen and oxygen atoms in total. The van der Waals surface area contributed by atoms with E-state index in [1.807, 2.05) is 30.3 Å². The predicted octanol–water partition coefficient (Wildman–Crippen LogP) is 7.37. The first-order valence-electron chi connectivity index (χ1n) is 12.3. The first-order valence-corrected chi connectivity index (χ1v) is 12.7. The van der Waals surface area contributed by atoms with Crippen molar-refractivity contribution in [3.8, 4) is 17.3 Å². The van der Waals surface area contributed by atoms with Crippen LogP contribution >= 0.6 is 11.6 Å². The van der Waals surface area contributed by atoms with E-state index in [4.69, 9.17) is 21.0 Å². The van der Waals surface area contributed by atoms with Gasteiger partial charge in [0.15, 0.2) is 5.76 Å². The smallest absolute Gasteiger partial charge is 0.282 e. The van der Waals surface area contributed by atoms with E-state index >= 15 is 0 Å². The predicted molar refractivity (Wildman–Crippen MR) is 154 cm³/mol. The zero-order chi connectivity index (χ0) is 26.6. The van der Waals surface area contributed by atoms with Crippen LogP contribution in [-0.4, -0.2) is 20.4 Å². The number of hydrogen-bond donors (Lipinski definition) is 0. The van der Waals surface area contributed by atoms with Gasteiger partial charge in [0.2, 0.25) is 5.82 Å². The minimum absolute atomic E-state index is 0.274. The molecule has 0 radical (unpaired) electrons. The lowest BCUT2D eigenvalue weighted by atomic mass is 10.1. The summed E-state index contributed by atoms with van der Waals surface area (Å²) < 4.78 is 9.62. The summed E-state index contributed by atoms with van der Waals surface area (Å²) in [7, 11) is 0. The number of aromatic nitrogens is 3. The van der Waals surface area contributed by atoms with Crippen LogP contribution in [0, 0.1) is 27.7 Å². The number of hydrogen-bond acceptors (Lipinski definition) is 4. The summed E-state index contributed by atoms with van der Waals surface area (Å²) in [5.74, 6) is 0.754. The van der Waals surface area contributed by atoms with Gasteiger partial charge in [0.05, 0.1) is 22.8 Å². The average molecular weight is 521 g/mol. The molecule has 6 rings (SSSR count). The lowest BCUT2D eigenvalue weighted by molar-refractivity contribution is 0.616. The standard InChI is InChI=1S/C31H25ClN4O2/c1-18-8-7-9-19(2)29(18)35-20(3)14-23(21(35)4)17-33-36-30(34-26-11-6-5-10-25(26)31(36)37)28-16-22-15-24(32)12-13-27(22)38-28/h5-17H,1-4H3. The number of para-hydroxylation sites is 2. The van der Waals surface area contributed by atoms with Crippen molar-refractivity contribution in [1.29, 1.82) is 0 Å². The zero-order valence-electron chi connectivity index (χ0n) is 21.5. The summed E-state index contributed by atoms with van der Waals surface area (Å²) in [4.78, 5) is 18.4. The van der Waals surface area contributed by atoms with Gasteiger partial charge in [-0.3, -0.25) is 4.79 Å². The molecular weight excluding hydrogens is 496 g/mol. The van der Waals surface area contributed by atoms with E-state index in [2.05, 4.69) is 61.6 Å². The van der Waals surface area contributed by atoms with Gasteiger partial charge in [-0.15, -0.1) is 0 Å². The zero-order valence-corrected chi connectivity index (χ0v) is 22.2. The lowest BCUT2D eigenvalue weighted by Crippen LogP contribution is -2.20. The monoisotopic (exact) mass is 520 g/mol. The van der Waals surface area contributed by atoms with Gasteiger partial charge in [0, 0.05) is 27.4 Å². The van der Waals surface area contributed by atoms with Crippen LogP contribution in [0.15, 0.2) is 87.1 Å². The van der Waals surface area contributed by atoms with E-state index in [1.54, 1.807) is 24.4 Å². The van der Waals surface area contributed by atoms with Gasteiger partial charge >= 0.3 is 0 Å². The highest BCUT2D eigenvalue weighted by Crippen LogP contribution is 2.29. The van der Waals surface area contributed by atoms with Crippen LogP contribution < -0.4 is 5.56 Å². The maximum atomic E-state index is 13.6. The molecule has 3 aromatic heterocycles. The molecule has 0 unspecified atom stereocenters. The summed E-state index contributed by atoms with van der Waals surface area (Å²) in [5.41, 5.74) is 7.52. The molecule has 6 aromatic rings. The second-order valence-electron chi connectivity index (χ2n) is 9.51.